The molecule has 15 heteroatoms. The number of fused-ring (bicyclic) bond motifs is 2. The molecule has 284 valence electrons. The first-order valence-corrected chi connectivity index (χ1v) is 17.7. The number of halogens is 5. The molecule has 1 aliphatic heterocycles. The Morgan fingerprint density at radius 3 is 2.42 bits per heavy atom. The summed E-state index contributed by atoms with van der Waals surface area (Å²) in [7, 11) is 1.52. The molecule has 0 atom stereocenters. The third-order valence-electron chi connectivity index (χ3n) is 9.05. The number of carbonyl (C=O) groups excluding carboxylic acids is 1. The van der Waals surface area contributed by atoms with Crippen LogP contribution in [0.15, 0.2) is 95.9 Å². The molecule has 6 aromatic rings. The number of aromatic nitrogens is 2. The van der Waals surface area contributed by atoms with Crippen molar-refractivity contribution in [3.63, 3.8) is 0 Å². The Morgan fingerprint density at radius 1 is 0.891 bits per heavy atom. The average molecular weight is 777 g/mol. The zero-order valence-corrected chi connectivity index (χ0v) is 30.0. The molecule has 1 N–H and O–H groups in total. The van der Waals surface area contributed by atoms with Crippen LogP contribution in [-0.4, -0.2) is 60.1 Å². The van der Waals surface area contributed by atoms with Gasteiger partial charge in [0.2, 0.25) is 0 Å². The predicted molar refractivity (Wildman–Crippen MR) is 200 cm³/mol. The van der Waals surface area contributed by atoms with E-state index in [2.05, 4.69) is 19.9 Å². The largest absolute Gasteiger partial charge is 0.573 e. The standard InChI is InChI=1S/C40H33ClF4N4O6/c1-52-34-22-26-28(23-35(34)53-20-8-19-48-17-6-7-18-48)46-16-15-31(26)54-32-14-13-24(21-27(32)42)47-38(50)36-37(41)25-9-2-3-10-29(25)49(39(36)51)30-11-4-5-12-33(30)55-40(43,44)45/h2-5,9-16,21-23H,6-8,17-20H2,1H3,(H,47,50). The van der Waals surface area contributed by atoms with Gasteiger partial charge in [0.05, 0.1) is 35.5 Å². The van der Waals surface area contributed by atoms with Crippen LogP contribution < -0.4 is 29.8 Å². The molecule has 0 bridgehead atoms. The Morgan fingerprint density at radius 2 is 1.65 bits per heavy atom. The van der Waals surface area contributed by atoms with E-state index in [-0.39, 0.29) is 38.8 Å². The molecule has 0 unspecified atom stereocenters. The van der Waals surface area contributed by atoms with Gasteiger partial charge >= 0.3 is 6.36 Å². The lowest BCUT2D eigenvalue weighted by Gasteiger charge is -2.18. The lowest BCUT2D eigenvalue weighted by Crippen LogP contribution is -2.30. The second kappa shape index (κ2) is 15.9. The van der Waals surface area contributed by atoms with Crippen molar-refractivity contribution in [2.45, 2.75) is 25.6 Å². The van der Waals surface area contributed by atoms with E-state index in [1.165, 1.54) is 68.6 Å². The van der Waals surface area contributed by atoms with Gasteiger partial charge in [-0.2, -0.15) is 0 Å². The van der Waals surface area contributed by atoms with Crippen molar-refractivity contribution in [2.24, 2.45) is 0 Å². The van der Waals surface area contributed by atoms with E-state index in [4.69, 9.17) is 25.8 Å². The Kier molecular flexibility index (Phi) is 10.8. The number of rotatable bonds is 12. The highest BCUT2D eigenvalue weighted by Crippen LogP contribution is 2.38. The molecule has 3 heterocycles. The molecule has 7 rings (SSSR count). The van der Waals surface area contributed by atoms with Crippen LogP contribution in [0.5, 0.6) is 28.7 Å². The van der Waals surface area contributed by atoms with Crippen LogP contribution >= 0.6 is 11.6 Å². The van der Waals surface area contributed by atoms with E-state index in [1.807, 2.05) is 0 Å². The summed E-state index contributed by atoms with van der Waals surface area (Å²) in [5, 5.41) is 2.95. The highest BCUT2D eigenvalue weighted by molar-refractivity contribution is 6.39. The molecular formula is C40H33ClF4N4O6. The number of benzene rings is 4. The van der Waals surface area contributed by atoms with Crippen molar-refractivity contribution in [3.8, 4) is 34.4 Å². The SMILES string of the molecule is COc1cc2c(Oc3ccc(NC(=O)c4c(Cl)c5ccccc5n(-c5ccccc5OC(F)(F)F)c4=O)cc3F)ccnc2cc1OCCCN1CCCC1. The number of anilines is 1. The number of alkyl halides is 3. The average Bonchev–Trinajstić information content (AvgIpc) is 3.68. The van der Waals surface area contributed by atoms with Crippen LogP contribution in [0.2, 0.25) is 5.02 Å². The molecule has 0 spiro atoms. The molecule has 0 aliphatic carbocycles. The summed E-state index contributed by atoms with van der Waals surface area (Å²) in [6.45, 7) is 3.67. The zero-order chi connectivity index (χ0) is 38.7. The number of nitrogens with one attached hydrogen (secondary N) is 1. The van der Waals surface area contributed by atoms with Gasteiger partial charge in [-0.1, -0.05) is 41.9 Å². The minimum atomic E-state index is -5.07. The maximum Gasteiger partial charge on any atom is 0.573 e. The fourth-order valence-corrected chi connectivity index (χ4v) is 6.86. The topological polar surface area (TPSA) is 104 Å². The van der Waals surface area contributed by atoms with E-state index < -0.39 is 35.0 Å². The smallest absolute Gasteiger partial charge is 0.493 e. The number of pyridine rings is 2. The van der Waals surface area contributed by atoms with Gasteiger partial charge in [0.1, 0.15) is 11.3 Å². The molecular weight excluding hydrogens is 744 g/mol. The monoisotopic (exact) mass is 776 g/mol. The van der Waals surface area contributed by atoms with Crippen molar-refractivity contribution in [1.29, 1.82) is 0 Å². The van der Waals surface area contributed by atoms with Gasteiger partial charge in [-0.25, -0.2) is 4.39 Å². The quantitative estimate of drug-likeness (QED) is 0.0970. The normalized spacial score (nSPS) is 13.3. The fraction of sp³-hybridized carbons (Fsp3) is 0.225. The van der Waals surface area contributed by atoms with Crippen molar-refractivity contribution < 1.29 is 41.3 Å². The van der Waals surface area contributed by atoms with E-state index in [0.29, 0.717) is 29.0 Å². The number of para-hydroxylation sites is 3. The molecule has 1 fully saturated rings. The van der Waals surface area contributed by atoms with E-state index >= 15 is 4.39 Å². The Balaban J connectivity index is 1.13. The molecule has 1 aliphatic rings. The number of carbonyl (C=O) groups is 1. The molecule has 10 nitrogen and oxygen atoms in total. The summed E-state index contributed by atoms with van der Waals surface area (Å²) in [6.07, 6.45) is -0.250. The van der Waals surface area contributed by atoms with Crippen LogP contribution in [-0.2, 0) is 0 Å². The number of hydrogen-bond acceptors (Lipinski definition) is 8. The highest BCUT2D eigenvalue weighted by atomic mass is 35.5. The summed E-state index contributed by atoms with van der Waals surface area (Å²) in [5.41, 5.74) is -1.30. The van der Waals surface area contributed by atoms with Crippen LogP contribution in [0, 0.1) is 5.82 Å². The lowest BCUT2D eigenvalue weighted by atomic mass is 10.1. The molecule has 1 amide bonds. The summed E-state index contributed by atoms with van der Waals surface area (Å²) >= 11 is 6.59. The Bertz CT molecular complexity index is 2450. The highest BCUT2D eigenvalue weighted by Gasteiger charge is 2.33. The van der Waals surface area contributed by atoms with E-state index in [9.17, 15) is 22.8 Å². The Labute approximate surface area is 316 Å². The zero-order valence-electron chi connectivity index (χ0n) is 29.3. The number of methoxy groups -OCH3 is 1. The van der Waals surface area contributed by atoms with Gasteiger partial charge < -0.3 is 29.2 Å². The van der Waals surface area contributed by atoms with Crippen molar-refractivity contribution in [1.82, 2.24) is 14.5 Å². The van der Waals surface area contributed by atoms with Gasteiger partial charge in [0.15, 0.2) is 28.8 Å². The van der Waals surface area contributed by atoms with Gasteiger partial charge in [-0.3, -0.25) is 19.1 Å². The first-order valence-electron chi connectivity index (χ1n) is 17.3. The van der Waals surface area contributed by atoms with Crippen molar-refractivity contribution >= 4 is 45.0 Å². The molecule has 4 aromatic carbocycles. The lowest BCUT2D eigenvalue weighted by molar-refractivity contribution is -0.274. The summed E-state index contributed by atoms with van der Waals surface area (Å²) < 4.78 is 78.2. The first kappa shape index (κ1) is 37.5. The van der Waals surface area contributed by atoms with Gasteiger partial charge in [0, 0.05) is 41.3 Å². The summed E-state index contributed by atoms with van der Waals surface area (Å²) in [6, 6.07) is 19.8. The maximum atomic E-state index is 15.6. The fourth-order valence-electron chi connectivity index (χ4n) is 6.53. The van der Waals surface area contributed by atoms with Crippen molar-refractivity contribution in [3.05, 3.63) is 118 Å². The number of nitrogens with zero attached hydrogens (tertiary/aromatic N) is 3. The molecule has 1 saturated heterocycles. The van der Waals surface area contributed by atoms with Crippen molar-refractivity contribution in [2.75, 3.05) is 38.7 Å². The summed E-state index contributed by atoms with van der Waals surface area (Å²) in [5.74, 6) is -1.49. The molecule has 2 aromatic heterocycles. The summed E-state index contributed by atoms with van der Waals surface area (Å²) in [4.78, 5) is 34.4. The van der Waals surface area contributed by atoms with Crippen LogP contribution in [0.1, 0.15) is 29.6 Å². The second-order valence-corrected chi connectivity index (χ2v) is 13.0. The predicted octanol–water partition coefficient (Wildman–Crippen LogP) is 9.15. The van der Waals surface area contributed by atoms with Gasteiger partial charge in [-0.15, -0.1) is 13.2 Å². The first-order chi connectivity index (χ1) is 26.5. The van der Waals surface area contributed by atoms with Gasteiger partial charge in [-0.05, 0) is 74.8 Å². The number of hydrogen-bond donors (Lipinski definition) is 1. The Hall–Kier alpha value is -5.86. The van der Waals surface area contributed by atoms with Crippen LogP contribution in [0.3, 0.4) is 0 Å². The molecule has 0 saturated carbocycles. The number of amides is 1. The van der Waals surface area contributed by atoms with E-state index in [0.717, 1.165) is 42.8 Å². The van der Waals surface area contributed by atoms with Gasteiger partial charge in [0.25, 0.3) is 11.5 Å². The third-order valence-corrected chi connectivity index (χ3v) is 9.44. The molecule has 0 radical (unpaired) electrons. The minimum Gasteiger partial charge on any atom is -0.493 e. The van der Waals surface area contributed by atoms with Crippen LogP contribution in [0.4, 0.5) is 23.2 Å². The van der Waals surface area contributed by atoms with Crippen LogP contribution in [0.25, 0.3) is 27.5 Å². The number of ether oxygens (including phenoxy) is 4. The number of likely N-dealkylation sites (tertiary alicyclic amines) is 1. The van der Waals surface area contributed by atoms with E-state index in [1.54, 1.807) is 30.3 Å². The molecule has 55 heavy (non-hydrogen) atoms. The minimum absolute atomic E-state index is 0.0568. The second-order valence-electron chi connectivity index (χ2n) is 12.6. The third kappa shape index (κ3) is 8.15. The maximum absolute atomic E-state index is 15.6.